The van der Waals surface area contributed by atoms with E-state index in [-0.39, 0.29) is 21.9 Å². The van der Waals surface area contributed by atoms with Crippen molar-refractivity contribution in [3.8, 4) is 0 Å². The molecular formula is C13H19FN2O3S. The van der Waals surface area contributed by atoms with Crippen molar-refractivity contribution in [3.63, 3.8) is 0 Å². The molecule has 1 amide bonds. The SMILES string of the molecule is Cc1cc(F)cc(C)c1S(=O)(=O)NC(C(N)=O)C(C)C. The molecule has 5 nitrogen and oxygen atoms in total. The second-order valence-electron chi connectivity index (χ2n) is 5.11. The zero-order chi connectivity index (χ0) is 15.7. The second kappa shape index (κ2) is 5.88. The van der Waals surface area contributed by atoms with E-state index in [2.05, 4.69) is 4.72 Å². The standard InChI is InChI=1S/C13H19FN2O3S/c1-7(2)11(13(15)17)16-20(18,19)12-8(3)5-10(14)6-9(12)4/h5-7,11,16H,1-4H3,(H2,15,17). The molecule has 1 unspecified atom stereocenters. The Morgan fingerprint density at radius 2 is 1.70 bits per heavy atom. The van der Waals surface area contributed by atoms with Crippen LogP contribution in [0, 0.1) is 25.6 Å². The fourth-order valence-corrected chi connectivity index (χ4v) is 3.88. The number of aryl methyl sites for hydroxylation is 2. The topological polar surface area (TPSA) is 89.3 Å². The lowest BCUT2D eigenvalue weighted by Gasteiger charge is -2.20. The highest BCUT2D eigenvalue weighted by Crippen LogP contribution is 2.22. The third-order valence-corrected chi connectivity index (χ3v) is 4.69. The first-order valence-electron chi connectivity index (χ1n) is 6.14. The van der Waals surface area contributed by atoms with Gasteiger partial charge in [0.25, 0.3) is 0 Å². The molecule has 1 aromatic carbocycles. The van der Waals surface area contributed by atoms with Crippen LogP contribution in [0.3, 0.4) is 0 Å². The molecule has 0 saturated heterocycles. The van der Waals surface area contributed by atoms with E-state index in [1.807, 2.05) is 0 Å². The van der Waals surface area contributed by atoms with Crippen molar-refractivity contribution in [3.05, 3.63) is 29.1 Å². The van der Waals surface area contributed by atoms with Gasteiger partial charge < -0.3 is 5.73 Å². The number of halogens is 1. The molecule has 1 atom stereocenters. The summed E-state index contributed by atoms with van der Waals surface area (Å²) >= 11 is 0. The molecule has 3 N–H and O–H groups in total. The zero-order valence-corrected chi connectivity index (χ0v) is 12.7. The van der Waals surface area contributed by atoms with Gasteiger partial charge in [0, 0.05) is 0 Å². The van der Waals surface area contributed by atoms with Crippen LogP contribution in [0.15, 0.2) is 17.0 Å². The van der Waals surface area contributed by atoms with Gasteiger partial charge in [-0.05, 0) is 43.0 Å². The fraction of sp³-hybridized carbons (Fsp3) is 0.462. The van der Waals surface area contributed by atoms with E-state index >= 15 is 0 Å². The number of nitrogens with two attached hydrogens (primary N) is 1. The number of hydrogen-bond donors (Lipinski definition) is 2. The Bertz CT molecular complexity index is 603. The van der Waals surface area contributed by atoms with Gasteiger partial charge in [-0.25, -0.2) is 12.8 Å². The predicted octanol–water partition coefficient (Wildman–Crippen LogP) is 1.23. The lowest BCUT2D eigenvalue weighted by molar-refractivity contribution is -0.120. The van der Waals surface area contributed by atoms with Crippen LogP contribution in [0.25, 0.3) is 0 Å². The van der Waals surface area contributed by atoms with E-state index in [9.17, 15) is 17.6 Å². The van der Waals surface area contributed by atoms with E-state index in [4.69, 9.17) is 5.73 Å². The van der Waals surface area contributed by atoms with E-state index in [0.717, 1.165) is 12.1 Å². The van der Waals surface area contributed by atoms with E-state index in [0.29, 0.717) is 0 Å². The van der Waals surface area contributed by atoms with E-state index < -0.39 is 27.8 Å². The van der Waals surface area contributed by atoms with Crippen LogP contribution in [-0.4, -0.2) is 20.4 Å². The number of carbonyl (C=O) groups is 1. The lowest BCUT2D eigenvalue weighted by Crippen LogP contribution is -2.47. The predicted molar refractivity (Wildman–Crippen MR) is 74.0 cm³/mol. The Hall–Kier alpha value is -1.47. The van der Waals surface area contributed by atoms with Crippen LogP contribution in [0.4, 0.5) is 4.39 Å². The number of amides is 1. The Labute approximate surface area is 118 Å². The Morgan fingerprint density at radius 1 is 1.25 bits per heavy atom. The van der Waals surface area contributed by atoms with E-state index in [1.54, 1.807) is 13.8 Å². The monoisotopic (exact) mass is 302 g/mol. The molecule has 1 rings (SSSR count). The number of benzene rings is 1. The maximum Gasteiger partial charge on any atom is 0.241 e. The first-order valence-corrected chi connectivity index (χ1v) is 7.63. The first kappa shape index (κ1) is 16.6. The van der Waals surface area contributed by atoms with Crippen LogP contribution in [0.1, 0.15) is 25.0 Å². The molecule has 0 bridgehead atoms. The van der Waals surface area contributed by atoms with E-state index in [1.165, 1.54) is 13.8 Å². The highest BCUT2D eigenvalue weighted by molar-refractivity contribution is 7.89. The minimum atomic E-state index is -3.95. The molecule has 0 radical (unpaired) electrons. The van der Waals surface area contributed by atoms with Crippen LogP contribution in [-0.2, 0) is 14.8 Å². The third kappa shape index (κ3) is 3.55. The van der Waals surface area contributed by atoms with Crippen molar-refractivity contribution in [2.24, 2.45) is 11.7 Å². The van der Waals surface area contributed by atoms with Crippen LogP contribution >= 0.6 is 0 Å². The van der Waals surface area contributed by atoms with Crippen molar-refractivity contribution >= 4 is 15.9 Å². The number of primary amides is 1. The summed E-state index contributed by atoms with van der Waals surface area (Å²) in [6, 6.07) is 1.26. The quantitative estimate of drug-likeness (QED) is 0.857. The summed E-state index contributed by atoms with van der Waals surface area (Å²) in [7, 11) is -3.95. The third-order valence-electron chi connectivity index (χ3n) is 2.95. The summed E-state index contributed by atoms with van der Waals surface area (Å²) in [6.07, 6.45) is 0. The van der Waals surface area contributed by atoms with Gasteiger partial charge in [0.2, 0.25) is 15.9 Å². The van der Waals surface area contributed by atoms with Crippen LogP contribution < -0.4 is 10.5 Å². The maximum absolute atomic E-state index is 13.2. The van der Waals surface area contributed by atoms with Crippen molar-refractivity contribution < 1.29 is 17.6 Å². The Morgan fingerprint density at radius 3 is 2.05 bits per heavy atom. The van der Waals surface area contributed by atoms with Crippen LogP contribution in [0.2, 0.25) is 0 Å². The minimum absolute atomic E-state index is 0.0224. The molecule has 20 heavy (non-hydrogen) atoms. The van der Waals surface area contributed by atoms with Crippen molar-refractivity contribution in [2.45, 2.75) is 38.6 Å². The lowest BCUT2D eigenvalue weighted by atomic mass is 10.1. The Kier molecular flexibility index (Phi) is 4.88. The van der Waals surface area contributed by atoms with Gasteiger partial charge in [0.05, 0.1) is 4.90 Å². The van der Waals surface area contributed by atoms with Gasteiger partial charge in [-0.15, -0.1) is 0 Å². The summed E-state index contributed by atoms with van der Waals surface area (Å²) in [5.41, 5.74) is 5.76. The first-order chi connectivity index (χ1) is 9.06. The smallest absolute Gasteiger partial charge is 0.241 e. The van der Waals surface area contributed by atoms with Gasteiger partial charge in [-0.1, -0.05) is 13.8 Å². The molecule has 1 aromatic rings. The molecule has 0 saturated carbocycles. The molecular weight excluding hydrogens is 283 g/mol. The van der Waals surface area contributed by atoms with Crippen molar-refractivity contribution in [2.75, 3.05) is 0 Å². The van der Waals surface area contributed by atoms with Gasteiger partial charge in [-0.2, -0.15) is 4.72 Å². The summed E-state index contributed by atoms with van der Waals surface area (Å²) in [5.74, 6) is -1.54. The average molecular weight is 302 g/mol. The van der Waals surface area contributed by atoms with Gasteiger partial charge >= 0.3 is 0 Å². The second-order valence-corrected chi connectivity index (χ2v) is 6.76. The number of carbonyl (C=O) groups excluding carboxylic acids is 1. The average Bonchev–Trinajstić information content (AvgIpc) is 2.23. The minimum Gasteiger partial charge on any atom is -0.368 e. The highest BCUT2D eigenvalue weighted by Gasteiger charge is 2.28. The highest BCUT2D eigenvalue weighted by atomic mass is 32.2. The molecule has 0 aromatic heterocycles. The number of rotatable bonds is 5. The molecule has 0 spiro atoms. The molecule has 112 valence electrons. The summed E-state index contributed by atoms with van der Waals surface area (Å²) in [5, 5.41) is 0. The zero-order valence-electron chi connectivity index (χ0n) is 11.9. The molecule has 0 aliphatic rings. The molecule has 7 heteroatoms. The Balaban J connectivity index is 3.28. The number of hydrogen-bond acceptors (Lipinski definition) is 3. The summed E-state index contributed by atoms with van der Waals surface area (Å²) < 4.78 is 40.2. The van der Waals surface area contributed by atoms with Gasteiger partial charge in [0.15, 0.2) is 0 Å². The number of sulfonamides is 1. The largest absolute Gasteiger partial charge is 0.368 e. The summed E-state index contributed by atoms with van der Waals surface area (Å²) in [4.78, 5) is 11.3. The molecule has 0 heterocycles. The molecule has 0 aliphatic heterocycles. The van der Waals surface area contributed by atoms with Gasteiger partial charge in [-0.3, -0.25) is 4.79 Å². The maximum atomic E-state index is 13.2. The fourth-order valence-electron chi connectivity index (χ4n) is 2.07. The normalized spacial score (nSPS) is 13.5. The molecule has 0 fully saturated rings. The molecule has 0 aliphatic carbocycles. The van der Waals surface area contributed by atoms with Crippen LogP contribution in [0.5, 0.6) is 0 Å². The van der Waals surface area contributed by atoms with Gasteiger partial charge in [0.1, 0.15) is 11.9 Å². The number of nitrogens with one attached hydrogen (secondary N) is 1. The van der Waals surface area contributed by atoms with Crippen molar-refractivity contribution in [1.29, 1.82) is 0 Å². The van der Waals surface area contributed by atoms with Crippen molar-refractivity contribution in [1.82, 2.24) is 4.72 Å². The summed E-state index contributed by atoms with van der Waals surface area (Å²) in [6.45, 7) is 6.36.